The van der Waals surface area contributed by atoms with Crippen LogP contribution in [0.4, 0.5) is 0 Å². The first-order valence-corrected chi connectivity index (χ1v) is 5.09. The summed E-state index contributed by atoms with van der Waals surface area (Å²) in [6, 6.07) is 3.71. The zero-order valence-corrected chi connectivity index (χ0v) is 9.50. The molecule has 1 aromatic carbocycles. The molecule has 0 fully saturated rings. The van der Waals surface area contributed by atoms with E-state index in [0.29, 0.717) is 9.66 Å². The molecule has 1 aromatic heterocycles. The van der Waals surface area contributed by atoms with Gasteiger partial charge in [-0.15, -0.1) is 0 Å². The highest BCUT2D eigenvalue weighted by Crippen LogP contribution is 2.26. The van der Waals surface area contributed by atoms with Crippen molar-refractivity contribution >= 4 is 50.7 Å². The molecule has 0 unspecified atom stereocenters. The smallest absolute Gasteiger partial charge is 0.137 e. The van der Waals surface area contributed by atoms with Gasteiger partial charge in [-0.25, -0.2) is 4.98 Å². The summed E-state index contributed by atoms with van der Waals surface area (Å²) in [6.07, 6.45) is 1.55. The average Bonchev–Trinajstić information content (AvgIpc) is 2.07. The fourth-order valence-electron chi connectivity index (χ4n) is 1.11. The third kappa shape index (κ3) is 1.61. The molecule has 0 radical (unpaired) electrons. The van der Waals surface area contributed by atoms with Crippen molar-refractivity contribution in [2.75, 3.05) is 0 Å². The maximum absolute atomic E-state index is 6.00. The number of hydrogen-bond acceptors (Lipinski definition) is 2. The van der Waals surface area contributed by atoms with Crippen LogP contribution in [0.2, 0.25) is 5.02 Å². The number of benzene rings is 1. The lowest BCUT2D eigenvalue weighted by atomic mass is 10.2. The van der Waals surface area contributed by atoms with Crippen LogP contribution in [0.1, 0.15) is 0 Å². The van der Waals surface area contributed by atoms with Crippen LogP contribution in [0.5, 0.6) is 0 Å². The summed E-state index contributed by atoms with van der Waals surface area (Å²) >= 11 is 14.4. The predicted molar refractivity (Wildman–Crippen MR) is 59.6 cm³/mol. The fraction of sp³-hybridized carbons (Fsp3) is 0. The van der Waals surface area contributed by atoms with Gasteiger partial charge in [0.1, 0.15) is 4.64 Å². The van der Waals surface area contributed by atoms with E-state index in [-0.39, 0.29) is 0 Å². The number of aromatic nitrogens is 2. The number of nitrogens with zero attached hydrogens (tertiary/aromatic N) is 1. The van der Waals surface area contributed by atoms with Crippen LogP contribution in [0.15, 0.2) is 22.9 Å². The van der Waals surface area contributed by atoms with E-state index < -0.39 is 0 Å². The van der Waals surface area contributed by atoms with E-state index >= 15 is 0 Å². The third-order valence-electron chi connectivity index (χ3n) is 1.68. The topological polar surface area (TPSA) is 28.7 Å². The minimum atomic E-state index is 0.553. The summed E-state index contributed by atoms with van der Waals surface area (Å²) in [5, 5.41) is 1.50. The quantitative estimate of drug-likeness (QED) is 0.743. The maximum Gasteiger partial charge on any atom is 0.137 e. The zero-order valence-electron chi connectivity index (χ0n) is 6.34. The Kier molecular flexibility index (Phi) is 2.36. The summed E-state index contributed by atoms with van der Waals surface area (Å²) in [5.74, 6) is 0. The van der Waals surface area contributed by atoms with Crippen molar-refractivity contribution in [2.45, 2.75) is 0 Å². The van der Waals surface area contributed by atoms with Gasteiger partial charge in [-0.3, -0.25) is 0 Å². The van der Waals surface area contributed by atoms with Crippen LogP contribution in [0, 0.1) is 4.64 Å². The van der Waals surface area contributed by atoms with Gasteiger partial charge in [0.05, 0.1) is 16.9 Å². The van der Waals surface area contributed by atoms with Crippen molar-refractivity contribution in [3.05, 3.63) is 32.6 Å². The number of aromatic amines is 1. The number of rotatable bonds is 0. The second kappa shape index (κ2) is 3.36. The van der Waals surface area contributed by atoms with Crippen molar-refractivity contribution < 1.29 is 0 Å². The first-order valence-electron chi connectivity index (χ1n) is 3.51. The largest absolute Gasteiger partial charge is 0.345 e. The lowest BCUT2D eigenvalue weighted by molar-refractivity contribution is 1.20. The van der Waals surface area contributed by atoms with Gasteiger partial charge in [-0.1, -0.05) is 39.7 Å². The molecule has 0 amide bonds. The third-order valence-corrected chi connectivity index (χ3v) is 2.76. The van der Waals surface area contributed by atoms with E-state index in [0.717, 1.165) is 15.4 Å². The van der Waals surface area contributed by atoms with Crippen molar-refractivity contribution in [1.82, 2.24) is 9.97 Å². The minimum Gasteiger partial charge on any atom is -0.345 e. The molecule has 1 N–H and O–H groups in total. The second-order valence-electron chi connectivity index (χ2n) is 2.52. The molecule has 2 nitrogen and oxygen atoms in total. The van der Waals surface area contributed by atoms with Crippen molar-refractivity contribution in [3.63, 3.8) is 0 Å². The molecule has 0 aliphatic heterocycles. The second-order valence-corrected chi connectivity index (χ2v) is 4.23. The van der Waals surface area contributed by atoms with Crippen LogP contribution < -0.4 is 0 Å². The monoisotopic (exact) mass is 274 g/mol. The van der Waals surface area contributed by atoms with Gasteiger partial charge in [0, 0.05) is 9.86 Å². The highest BCUT2D eigenvalue weighted by Gasteiger charge is 2.02. The molecule has 0 atom stereocenters. The first kappa shape index (κ1) is 9.12. The highest BCUT2D eigenvalue weighted by molar-refractivity contribution is 9.10. The Balaban J connectivity index is 3.03. The number of nitrogens with one attached hydrogen (secondary N) is 1. The Bertz CT molecular complexity index is 523. The number of fused-ring (bicyclic) bond motifs is 1. The summed E-state index contributed by atoms with van der Waals surface area (Å²) in [6.45, 7) is 0. The average molecular weight is 276 g/mol. The van der Waals surface area contributed by atoms with Crippen LogP contribution in [-0.2, 0) is 0 Å². The molecule has 66 valence electrons. The lowest BCUT2D eigenvalue weighted by Gasteiger charge is -2.00. The van der Waals surface area contributed by atoms with Gasteiger partial charge in [0.25, 0.3) is 0 Å². The van der Waals surface area contributed by atoms with E-state index in [9.17, 15) is 0 Å². The first-order chi connectivity index (χ1) is 6.18. The minimum absolute atomic E-state index is 0.553. The van der Waals surface area contributed by atoms with Crippen molar-refractivity contribution in [2.24, 2.45) is 0 Å². The molecule has 0 aliphatic carbocycles. The van der Waals surface area contributed by atoms with Crippen LogP contribution in [0.25, 0.3) is 10.9 Å². The van der Waals surface area contributed by atoms with Crippen LogP contribution >= 0.6 is 39.7 Å². The SMILES string of the molecule is S=c1nc[nH]c2c(Cl)cc(Br)cc12. The number of halogens is 2. The zero-order chi connectivity index (χ0) is 9.42. The lowest BCUT2D eigenvalue weighted by Crippen LogP contribution is -1.84. The molecular formula is C8H4BrClN2S. The molecule has 1 heterocycles. The summed E-state index contributed by atoms with van der Waals surface area (Å²) < 4.78 is 1.45. The Morgan fingerprint density at radius 1 is 1.46 bits per heavy atom. The molecule has 0 spiro atoms. The van der Waals surface area contributed by atoms with Crippen LogP contribution in [-0.4, -0.2) is 9.97 Å². The summed E-state index contributed by atoms with van der Waals surface area (Å²) in [7, 11) is 0. The number of H-pyrrole nitrogens is 1. The van der Waals surface area contributed by atoms with E-state index in [4.69, 9.17) is 23.8 Å². The molecule has 2 rings (SSSR count). The van der Waals surface area contributed by atoms with E-state index in [1.54, 1.807) is 6.33 Å². The molecule has 2 aromatic rings. The fourth-order valence-corrected chi connectivity index (χ4v) is 2.19. The molecule has 5 heteroatoms. The van der Waals surface area contributed by atoms with E-state index in [1.807, 2.05) is 12.1 Å². The number of hydrogen-bond donors (Lipinski definition) is 1. The van der Waals surface area contributed by atoms with Crippen molar-refractivity contribution in [1.29, 1.82) is 0 Å². The maximum atomic E-state index is 6.00. The normalized spacial score (nSPS) is 10.6. The Labute approximate surface area is 93.1 Å². The van der Waals surface area contributed by atoms with E-state index in [1.165, 1.54) is 0 Å². The van der Waals surface area contributed by atoms with Gasteiger partial charge in [0.2, 0.25) is 0 Å². The highest BCUT2D eigenvalue weighted by atomic mass is 79.9. The van der Waals surface area contributed by atoms with Gasteiger partial charge < -0.3 is 4.98 Å². The molecule has 13 heavy (non-hydrogen) atoms. The molecular weight excluding hydrogens is 272 g/mol. The molecule has 0 aliphatic rings. The molecule has 0 saturated carbocycles. The van der Waals surface area contributed by atoms with Gasteiger partial charge in [0.15, 0.2) is 0 Å². The van der Waals surface area contributed by atoms with E-state index in [2.05, 4.69) is 25.9 Å². The van der Waals surface area contributed by atoms with Crippen LogP contribution in [0.3, 0.4) is 0 Å². The molecule has 0 bridgehead atoms. The Hall–Kier alpha value is -0.450. The van der Waals surface area contributed by atoms with Crippen molar-refractivity contribution in [3.8, 4) is 0 Å². The molecule has 0 saturated heterocycles. The Morgan fingerprint density at radius 2 is 2.23 bits per heavy atom. The van der Waals surface area contributed by atoms with Gasteiger partial charge in [-0.05, 0) is 12.1 Å². The summed E-state index contributed by atoms with van der Waals surface area (Å²) in [4.78, 5) is 6.93. The standard InChI is InChI=1S/C8H4BrClN2S/c9-4-1-5-7(6(10)2-4)11-3-12-8(5)13/h1-3H,(H,11,12,13). The Morgan fingerprint density at radius 3 is 3.00 bits per heavy atom. The van der Waals surface area contributed by atoms with Gasteiger partial charge >= 0.3 is 0 Å². The van der Waals surface area contributed by atoms with Gasteiger partial charge in [-0.2, -0.15) is 0 Å². The predicted octanol–water partition coefficient (Wildman–Crippen LogP) is 3.71. The summed E-state index contributed by atoms with van der Waals surface area (Å²) in [5.41, 5.74) is 0.824.